The van der Waals surface area contributed by atoms with Crippen molar-refractivity contribution in [2.75, 3.05) is 32.8 Å². The van der Waals surface area contributed by atoms with Crippen LogP contribution in [0.3, 0.4) is 0 Å². The molecule has 1 aromatic carbocycles. The quantitative estimate of drug-likeness (QED) is 0.732. The first kappa shape index (κ1) is 20.0. The van der Waals surface area contributed by atoms with Gasteiger partial charge in [0, 0.05) is 18.7 Å². The van der Waals surface area contributed by atoms with Gasteiger partial charge >= 0.3 is 0 Å². The summed E-state index contributed by atoms with van der Waals surface area (Å²) < 4.78 is 49.3. The van der Waals surface area contributed by atoms with Crippen molar-refractivity contribution >= 4 is 5.95 Å². The van der Waals surface area contributed by atoms with E-state index in [-0.39, 0.29) is 41.5 Å². The van der Waals surface area contributed by atoms with Gasteiger partial charge in [-0.25, -0.2) is 18.7 Å². The Hall–Kier alpha value is -2.72. The van der Waals surface area contributed by atoms with Crippen LogP contribution < -0.4 is 25.3 Å². The molecule has 3 rings (SSSR count). The number of nitrogens with one attached hydrogen (secondary N) is 1. The summed E-state index contributed by atoms with van der Waals surface area (Å²) in [7, 11) is 2.56. The van der Waals surface area contributed by atoms with Gasteiger partial charge in [-0.3, -0.25) is 0 Å². The number of benzene rings is 1. The number of ether oxygens (including phenoxy) is 4. The summed E-state index contributed by atoms with van der Waals surface area (Å²) in [6, 6.07) is 0.993. The molecule has 0 aliphatic carbocycles. The number of hydrogen-bond acceptors (Lipinski definition) is 8. The number of halogens is 2. The molecule has 3 N–H and O–H groups in total. The number of methoxy groups -OCH3 is 2. The highest BCUT2D eigenvalue weighted by molar-refractivity contribution is 5.41. The maximum atomic E-state index is 14.3. The molecule has 0 bridgehead atoms. The van der Waals surface area contributed by atoms with E-state index in [2.05, 4.69) is 15.3 Å². The molecule has 1 fully saturated rings. The maximum absolute atomic E-state index is 14.3. The Bertz CT molecular complexity index is 779. The van der Waals surface area contributed by atoms with Crippen molar-refractivity contribution in [1.29, 1.82) is 0 Å². The number of hydrogen-bond donors (Lipinski definition) is 2. The van der Waals surface area contributed by atoms with E-state index in [0.29, 0.717) is 19.2 Å². The zero-order valence-corrected chi connectivity index (χ0v) is 15.6. The Balaban J connectivity index is 1.67. The van der Waals surface area contributed by atoms with E-state index in [4.69, 9.17) is 24.7 Å². The first-order valence-corrected chi connectivity index (χ1v) is 8.67. The van der Waals surface area contributed by atoms with Crippen LogP contribution in [0.2, 0.25) is 0 Å². The molecule has 10 heteroatoms. The Labute approximate surface area is 161 Å². The SMILES string of the molecule is COc1cc(OC)c(F)c(COc2cnc(N[C@@H]3COCC[C@@H]3N)nc2)c1F. The number of anilines is 1. The Morgan fingerprint density at radius 2 is 1.82 bits per heavy atom. The average Bonchev–Trinajstić information content (AvgIpc) is 2.71. The van der Waals surface area contributed by atoms with Crippen molar-refractivity contribution in [3.8, 4) is 17.2 Å². The predicted octanol–water partition coefficient (Wildman–Crippen LogP) is 1.88. The third-order valence-electron chi connectivity index (χ3n) is 4.40. The number of nitrogens with zero attached hydrogens (tertiary/aromatic N) is 2. The second-order valence-electron chi connectivity index (χ2n) is 6.20. The molecule has 28 heavy (non-hydrogen) atoms. The largest absolute Gasteiger partial charge is 0.494 e. The van der Waals surface area contributed by atoms with Crippen LogP contribution in [0.25, 0.3) is 0 Å². The zero-order valence-electron chi connectivity index (χ0n) is 15.6. The standard InChI is InChI=1S/C18H22F2N4O4/c1-25-14-5-15(26-2)17(20)11(16(14)19)8-28-10-6-22-18(23-7-10)24-13-9-27-4-3-12(13)21/h5-7,12-13H,3-4,8-9,21H2,1-2H3,(H,22,23,24)/t12-,13+/m0/s1. The molecule has 1 aliphatic rings. The van der Waals surface area contributed by atoms with Crippen molar-refractivity contribution in [3.63, 3.8) is 0 Å². The number of nitrogens with two attached hydrogens (primary N) is 1. The van der Waals surface area contributed by atoms with Crippen molar-refractivity contribution in [2.24, 2.45) is 5.73 Å². The highest BCUT2D eigenvalue weighted by atomic mass is 19.1. The lowest BCUT2D eigenvalue weighted by Crippen LogP contribution is -2.47. The molecule has 1 aliphatic heterocycles. The molecular weight excluding hydrogens is 374 g/mol. The van der Waals surface area contributed by atoms with E-state index in [1.165, 1.54) is 26.6 Å². The summed E-state index contributed by atoms with van der Waals surface area (Å²) in [5.74, 6) is -1.39. The highest BCUT2D eigenvalue weighted by Crippen LogP contribution is 2.31. The second kappa shape index (κ2) is 8.98. The number of rotatable bonds is 7. The lowest BCUT2D eigenvalue weighted by Gasteiger charge is -2.29. The molecule has 0 radical (unpaired) electrons. The molecule has 0 amide bonds. The van der Waals surface area contributed by atoms with Gasteiger partial charge in [0.2, 0.25) is 5.95 Å². The van der Waals surface area contributed by atoms with E-state index in [1.54, 1.807) is 0 Å². The van der Waals surface area contributed by atoms with Gasteiger partial charge in [-0.2, -0.15) is 0 Å². The molecule has 8 nitrogen and oxygen atoms in total. The highest BCUT2D eigenvalue weighted by Gasteiger charge is 2.23. The minimum Gasteiger partial charge on any atom is -0.494 e. The minimum atomic E-state index is -0.855. The van der Waals surface area contributed by atoms with Crippen LogP contribution in [0.15, 0.2) is 18.5 Å². The van der Waals surface area contributed by atoms with E-state index in [9.17, 15) is 8.78 Å². The first-order chi connectivity index (χ1) is 13.5. The number of aromatic nitrogens is 2. The van der Waals surface area contributed by atoms with E-state index in [1.807, 2.05) is 0 Å². The fourth-order valence-corrected chi connectivity index (χ4v) is 2.75. The van der Waals surface area contributed by atoms with Crippen LogP contribution >= 0.6 is 0 Å². The van der Waals surface area contributed by atoms with Crippen LogP contribution in [0, 0.1) is 11.6 Å². The van der Waals surface area contributed by atoms with Gasteiger partial charge in [0.05, 0.1) is 44.8 Å². The Kier molecular flexibility index (Phi) is 6.42. The van der Waals surface area contributed by atoms with Gasteiger partial charge in [-0.1, -0.05) is 0 Å². The smallest absolute Gasteiger partial charge is 0.223 e. The summed E-state index contributed by atoms with van der Waals surface area (Å²) in [5.41, 5.74) is 5.71. The fraction of sp³-hybridized carbons (Fsp3) is 0.444. The molecule has 2 aromatic rings. The van der Waals surface area contributed by atoms with Gasteiger partial charge in [-0.15, -0.1) is 0 Å². The van der Waals surface area contributed by atoms with Gasteiger partial charge in [0.15, 0.2) is 28.9 Å². The summed E-state index contributed by atoms with van der Waals surface area (Å²) in [6.45, 7) is 0.719. The van der Waals surface area contributed by atoms with Gasteiger partial charge < -0.3 is 30.0 Å². The van der Waals surface area contributed by atoms with Crippen LogP contribution in [0.5, 0.6) is 17.2 Å². The molecule has 2 heterocycles. The van der Waals surface area contributed by atoms with Crippen LogP contribution in [-0.2, 0) is 11.3 Å². The topological polar surface area (TPSA) is 101 Å². The van der Waals surface area contributed by atoms with Crippen molar-refractivity contribution in [1.82, 2.24) is 9.97 Å². The van der Waals surface area contributed by atoms with Crippen LogP contribution in [0.4, 0.5) is 14.7 Å². The molecule has 2 atom stereocenters. The third-order valence-corrected chi connectivity index (χ3v) is 4.40. The summed E-state index contributed by atoms with van der Waals surface area (Å²) in [5, 5.41) is 3.10. The van der Waals surface area contributed by atoms with E-state index in [0.717, 1.165) is 12.5 Å². The van der Waals surface area contributed by atoms with Gasteiger partial charge in [0.1, 0.15) is 6.61 Å². The summed E-state index contributed by atoms with van der Waals surface area (Å²) in [4.78, 5) is 8.27. The molecule has 0 unspecified atom stereocenters. The Morgan fingerprint density at radius 1 is 1.18 bits per heavy atom. The Morgan fingerprint density at radius 3 is 2.39 bits per heavy atom. The molecule has 1 aromatic heterocycles. The first-order valence-electron chi connectivity index (χ1n) is 8.67. The maximum Gasteiger partial charge on any atom is 0.223 e. The van der Waals surface area contributed by atoms with E-state index >= 15 is 0 Å². The van der Waals surface area contributed by atoms with Gasteiger partial charge in [-0.05, 0) is 6.42 Å². The molecule has 152 valence electrons. The van der Waals surface area contributed by atoms with Crippen molar-refractivity contribution in [3.05, 3.63) is 35.7 Å². The van der Waals surface area contributed by atoms with Crippen molar-refractivity contribution < 1.29 is 27.7 Å². The van der Waals surface area contributed by atoms with Crippen LogP contribution in [0.1, 0.15) is 12.0 Å². The lowest BCUT2D eigenvalue weighted by atomic mass is 10.1. The van der Waals surface area contributed by atoms with Crippen LogP contribution in [-0.4, -0.2) is 49.5 Å². The minimum absolute atomic E-state index is 0.0535. The van der Waals surface area contributed by atoms with Gasteiger partial charge in [0.25, 0.3) is 0 Å². The van der Waals surface area contributed by atoms with Crippen molar-refractivity contribution in [2.45, 2.75) is 25.1 Å². The summed E-state index contributed by atoms with van der Waals surface area (Å²) >= 11 is 0. The molecule has 0 spiro atoms. The average molecular weight is 396 g/mol. The normalized spacial score (nSPS) is 19.2. The predicted molar refractivity (Wildman–Crippen MR) is 96.6 cm³/mol. The van der Waals surface area contributed by atoms with E-state index < -0.39 is 11.6 Å². The molecule has 1 saturated heterocycles. The monoisotopic (exact) mass is 396 g/mol. The molecular formula is C18H22F2N4O4. The zero-order chi connectivity index (χ0) is 20.1. The second-order valence-corrected chi connectivity index (χ2v) is 6.20. The lowest BCUT2D eigenvalue weighted by molar-refractivity contribution is 0.0766. The molecule has 0 saturated carbocycles. The fourth-order valence-electron chi connectivity index (χ4n) is 2.75. The summed E-state index contributed by atoms with van der Waals surface area (Å²) in [6.07, 6.45) is 3.55. The third kappa shape index (κ3) is 4.39.